The average molecular weight is 490 g/mol. The van der Waals surface area contributed by atoms with E-state index in [2.05, 4.69) is 5.43 Å². The summed E-state index contributed by atoms with van der Waals surface area (Å²) in [6.45, 7) is 6.22. The maximum Gasteiger partial charge on any atom is 0.303 e. The summed E-state index contributed by atoms with van der Waals surface area (Å²) in [6.07, 6.45) is -6.35. The first-order valence-electron chi connectivity index (χ1n) is 10.0. The lowest BCUT2D eigenvalue weighted by atomic mass is 10.0. The van der Waals surface area contributed by atoms with E-state index in [-0.39, 0.29) is 0 Å². The van der Waals surface area contributed by atoms with Crippen LogP contribution in [-0.4, -0.2) is 84.2 Å². The summed E-state index contributed by atoms with van der Waals surface area (Å²) in [7, 11) is 0. The molecular formula is C20H30N2O12. The molecule has 0 aromatic carbocycles. The van der Waals surface area contributed by atoms with Crippen LogP contribution in [0.15, 0.2) is 0 Å². The first kappa shape index (κ1) is 30.3. The molecule has 0 aliphatic rings. The Morgan fingerprint density at radius 3 is 1.38 bits per heavy atom. The van der Waals surface area contributed by atoms with Gasteiger partial charge in [0.05, 0.1) is 6.54 Å². The highest BCUT2D eigenvalue weighted by Crippen LogP contribution is 2.21. The molecule has 4 atom stereocenters. The molecule has 0 saturated carbocycles. The summed E-state index contributed by atoms with van der Waals surface area (Å²) in [6, 6.07) is 0. The van der Waals surface area contributed by atoms with Gasteiger partial charge in [-0.15, -0.1) is 0 Å². The number of hydrogen-bond acceptors (Lipinski definition) is 12. The molecule has 0 radical (unpaired) electrons. The van der Waals surface area contributed by atoms with Crippen LogP contribution in [0.25, 0.3) is 0 Å². The Morgan fingerprint density at radius 1 is 0.618 bits per heavy atom. The van der Waals surface area contributed by atoms with Crippen molar-refractivity contribution in [2.45, 2.75) is 72.9 Å². The Bertz CT molecular complexity index is 796. The van der Waals surface area contributed by atoms with Crippen LogP contribution >= 0.6 is 0 Å². The van der Waals surface area contributed by atoms with Crippen molar-refractivity contribution in [2.75, 3.05) is 13.2 Å². The van der Waals surface area contributed by atoms with Crippen LogP contribution in [0, 0.1) is 0 Å². The van der Waals surface area contributed by atoms with Gasteiger partial charge in [-0.05, 0) is 0 Å². The second-order valence-corrected chi connectivity index (χ2v) is 7.04. The number of rotatable bonds is 11. The molecular weight excluding hydrogens is 460 g/mol. The summed E-state index contributed by atoms with van der Waals surface area (Å²) < 4.78 is 25.7. The second-order valence-electron chi connectivity index (χ2n) is 7.04. The SMILES string of the molecule is CC(=O)NN(C[C@H](OC(C)=O)[C@@H](OC(C)=O)[C@H](OC(C)=O)[C@@H](COC(C)=O)OC(C)=O)C(C)=O. The third-order valence-corrected chi connectivity index (χ3v) is 3.78. The van der Waals surface area contributed by atoms with Gasteiger partial charge in [-0.2, -0.15) is 0 Å². The normalized spacial score (nSPS) is 13.7. The second kappa shape index (κ2) is 14.4. The van der Waals surface area contributed by atoms with Gasteiger partial charge in [-0.3, -0.25) is 44.0 Å². The Labute approximate surface area is 196 Å². The van der Waals surface area contributed by atoms with Crippen LogP contribution < -0.4 is 5.43 Å². The van der Waals surface area contributed by atoms with Crippen molar-refractivity contribution in [1.82, 2.24) is 10.4 Å². The summed E-state index contributed by atoms with van der Waals surface area (Å²) in [5, 5.41) is 0.782. The van der Waals surface area contributed by atoms with Crippen molar-refractivity contribution in [3.05, 3.63) is 0 Å². The Kier molecular flexibility index (Phi) is 12.9. The van der Waals surface area contributed by atoms with E-state index in [9.17, 15) is 33.6 Å². The van der Waals surface area contributed by atoms with Gasteiger partial charge in [-0.25, -0.2) is 0 Å². The fraction of sp³-hybridized carbons (Fsp3) is 0.650. The van der Waals surface area contributed by atoms with Crippen LogP contribution in [0.2, 0.25) is 0 Å². The molecule has 0 bridgehead atoms. The van der Waals surface area contributed by atoms with Crippen molar-refractivity contribution in [2.24, 2.45) is 0 Å². The van der Waals surface area contributed by atoms with Crippen LogP contribution in [0.4, 0.5) is 0 Å². The lowest BCUT2D eigenvalue weighted by Crippen LogP contribution is -2.58. The van der Waals surface area contributed by atoms with E-state index < -0.39 is 79.2 Å². The lowest BCUT2D eigenvalue weighted by molar-refractivity contribution is -0.204. The maximum atomic E-state index is 12.0. The average Bonchev–Trinajstić information content (AvgIpc) is 2.65. The van der Waals surface area contributed by atoms with E-state index in [1.807, 2.05) is 0 Å². The van der Waals surface area contributed by atoms with Crippen molar-refractivity contribution in [1.29, 1.82) is 0 Å². The molecule has 0 fully saturated rings. The minimum absolute atomic E-state index is 0.551. The number of esters is 5. The minimum atomic E-state index is -1.67. The molecule has 0 aliphatic heterocycles. The molecule has 0 aromatic rings. The fourth-order valence-electron chi connectivity index (χ4n) is 2.75. The number of nitrogens with zero attached hydrogens (tertiary/aromatic N) is 1. The minimum Gasteiger partial charge on any atom is -0.462 e. The van der Waals surface area contributed by atoms with Gasteiger partial charge in [0.2, 0.25) is 11.8 Å². The third kappa shape index (κ3) is 12.4. The van der Waals surface area contributed by atoms with Crippen LogP contribution in [-0.2, 0) is 57.2 Å². The molecule has 0 rings (SSSR count). The standard InChI is InChI=1S/C20H30N2O12/c1-10(23)21-22(11(2)24)8-17(31-13(4)26)19(33-15(6)28)20(34-16(7)29)18(32-14(5)27)9-30-12(3)25/h17-20H,8-9H2,1-7H3,(H,21,23)/t17-,18+,19+,20+/m0/s1. The number of carbonyl (C=O) groups excluding carboxylic acids is 7. The molecule has 1 N–H and O–H groups in total. The van der Waals surface area contributed by atoms with Crippen molar-refractivity contribution >= 4 is 41.7 Å². The molecule has 0 unspecified atom stereocenters. The summed E-state index contributed by atoms with van der Waals surface area (Å²) in [4.78, 5) is 82.0. The number of nitrogens with one attached hydrogen (secondary N) is 1. The third-order valence-electron chi connectivity index (χ3n) is 3.78. The lowest BCUT2D eigenvalue weighted by Gasteiger charge is -2.36. The van der Waals surface area contributed by atoms with E-state index in [0.717, 1.165) is 53.5 Å². The van der Waals surface area contributed by atoms with Gasteiger partial charge in [0.1, 0.15) is 6.61 Å². The van der Waals surface area contributed by atoms with Gasteiger partial charge >= 0.3 is 29.8 Å². The van der Waals surface area contributed by atoms with Crippen LogP contribution in [0.5, 0.6) is 0 Å². The molecule has 34 heavy (non-hydrogen) atoms. The van der Waals surface area contributed by atoms with Gasteiger partial charge in [0.15, 0.2) is 24.4 Å². The summed E-state index contributed by atoms with van der Waals surface area (Å²) >= 11 is 0. The zero-order chi connectivity index (χ0) is 26.6. The molecule has 0 heterocycles. The van der Waals surface area contributed by atoms with E-state index in [4.69, 9.17) is 23.7 Å². The first-order valence-corrected chi connectivity index (χ1v) is 10.0. The topological polar surface area (TPSA) is 181 Å². The quantitative estimate of drug-likeness (QED) is 0.216. The van der Waals surface area contributed by atoms with E-state index >= 15 is 0 Å². The van der Waals surface area contributed by atoms with E-state index in [1.165, 1.54) is 0 Å². The summed E-state index contributed by atoms with van der Waals surface area (Å²) in [5.74, 6) is -5.62. The largest absolute Gasteiger partial charge is 0.462 e. The highest BCUT2D eigenvalue weighted by atomic mass is 16.6. The maximum absolute atomic E-state index is 12.0. The predicted molar refractivity (Wildman–Crippen MR) is 110 cm³/mol. The van der Waals surface area contributed by atoms with Gasteiger partial charge < -0.3 is 23.7 Å². The van der Waals surface area contributed by atoms with Crippen molar-refractivity contribution < 1.29 is 57.2 Å². The monoisotopic (exact) mass is 490 g/mol. The van der Waals surface area contributed by atoms with Crippen molar-refractivity contribution in [3.8, 4) is 0 Å². The van der Waals surface area contributed by atoms with E-state index in [0.29, 0.717) is 0 Å². The zero-order valence-corrected chi connectivity index (χ0v) is 20.1. The number of carbonyl (C=O) groups is 7. The number of ether oxygens (including phenoxy) is 5. The Balaban J connectivity index is 6.55. The number of hydrogen-bond donors (Lipinski definition) is 1. The molecule has 2 amide bonds. The highest BCUT2D eigenvalue weighted by molar-refractivity contribution is 5.79. The smallest absolute Gasteiger partial charge is 0.303 e. The van der Waals surface area contributed by atoms with Gasteiger partial charge in [-0.1, -0.05) is 0 Å². The van der Waals surface area contributed by atoms with Crippen LogP contribution in [0.1, 0.15) is 48.5 Å². The molecule has 192 valence electrons. The Hall–Kier alpha value is -3.71. The van der Waals surface area contributed by atoms with Gasteiger partial charge in [0.25, 0.3) is 0 Å². The van der Waals surface area contributed by atoms with Crippen LogP contribution in [0.3, 0.4) is 0 Å². The molecule has 0 aromatic heterocycles. The Morgan fingerprint density at radius 2 is 1.03 bits per heavy atom. The molecule has 0 aliphatic carbocycles. The molecule has 14 nitrogen and oxygen atoms in total. The van der Waals surface area contributed by atoms with Crippen molar-refractivity contribution in [3.63, 3.8) is 0 Å². The van der Waals surface area contributed by atoms with Gasteiger partial charge in [0, 0.05) is 48.5 Å². The first-order chi connectivity index (χ1) is 15.6. The van der Waals surface area contributed by atoms with E-state index in [1.54, 1.807) is 0 Å². The number of amides is 2. The zero-order valence-electron chi connectivity index (χ0n) is 20.1. The predicted octanol–water partition coefficient (Wildman–Crippen LogP) is -0.824. The summed E-state index contributed by atoms with van der Waals surface area (Å²) in [5.41, 5.74) is 2.22. The molecule has 14 heteroatoms. The highest BCUT2D eigenvalue weighted by Gasteiger charge is 2.44. The molecule has 0 saturated heterocycles. The fourth-order valence-corrected chi connectivity index (χ4v) is 2.75. The molecule has 0 spiro atoms. The number of hydrazine groups is 1.